The first kappa shape index (κ1) is 7.36. The van der Waals surface area contributed by atoms with E-state index in [1.54, 1.807) is 6.26 Å². The van der Waals surface area contributed by atoms with Crippen molar-refractivity contribution in [2.24, 2.45) is 5.41 Å². The molecule has 2 aliphatic carbocycles. The molecule has 1 saturated carbocycles. The van der Waals surface area contributed by atoms with Gasteiger partial charge in [-0.3, -0.25) is 4.79 Å². The van der Waals surface area contributed by atoms with Gasteiger partial charge < -0.3 is 4.42 Å². The molecule has 0 amide bonds. The van der Waals surface area contributed by atoms with Crippen LogP contribution in [0.3, 0.4) is 0 Å². The molecule has 13 heavy (non-hydrogen) atoms. The molecule has 1 aromatic rings. The quantitative estimate of drug-likeness (QED) is 0.608. The van der Waals surface area contributed by atoms with Gasteiger partial charge in [0.15, 0.2) is 5.76 Å². The lowest BCUT2D eigenvalue weighted by Crippen LogP contribution is -2.41. The summed E-state index contributed by atoms with van der Waals surface area (Å²) in [6, 6.07) is 1.93. The summed E-state index contributed by atoms with van der Waals surface area (Å²) < 4.78 is 5.25. The molecule has 0 saturated heterocycles. The zero-order chi connectivity index (χ0) is 8.89. The molecular formula is C11H12O2. The van der Waals surface area contributed by atoms with Crippen molar-refractivity contribution >= 4 is 5.78 Å². The number of carbonyl (C=O) groups is 1. The first-order chi connectivity index (χ1) is 6.32. The van der Waals surface area contributed by atoms with Crippen LogP contribution in [0.2, 0.25) is 0 Å². The van der Waals surface area contributed by atoms with Gasteiger partial charge in [-0.25, -0.2) is 0 Å². The molecule has 1 aromatic heterocycles. The standard InChI is InChI=1S/C11H12O2/c12-10-9-8(3-7-13-9)2-6-11(10)4-1-5-11/h3,7H,1-2,4-6H2. The van der Waals surface area contributed by atoms with Crippen LogP contribution in [0.1, 0.15) is 41.8 Å². The van der Waals surface area contributed by atoms with E-state index in [4.69, 9.17) is 4.42 Å². The van der Waals surface area contributed by atoms with E-state index < -0.39 is 0 Å². The molecule has 3 rings (SSSR count). The van der Waals surface area contributed by atoms with Crippen molar-refractivity contribution in [3.63, 3.8) is 0 Å². The third-order valence-corrected chi connectivity index (χ3v) is 3.62. The van der Waals surface area contributed by atoms with Crippen LogP contribution in [0.5, 0.6) is 0 Å². The summed E-state index contributed by atoms with van der Waals surface area (Å²) in [5.74, 6) is 0.913. The average molecular weight is 176 g/mol. The summed E-state index contributed by atoms with van der Waals surface area (Å²) in [7, 11) is 0. The van der Waals surface area contributed by atoms with Crippen LogP contribution in [-0.2, 0) is 6.42 Å². The second-order valence-corrected chi connectivity index (χ2v) is 4.24. The van der Waals surface area contributed by atoms with Crippen LogP contribution in [0, 0.1) is 5.41 Å². The van der Waals surface area contributed by atoms with E-state index in [2.05, 4.69) is 0 Å². The summed E-state index contributed by atoms with van der Waals surface area (Å²) in [6.07, 6.45) is 7.07. The molecule has 1 heterocycles. The molecule has 0 atom stereocenters. The Hall–Kier alpha value is -1.05. The highest BCUT2D eigenvalue weighted by Crippen LogP contribution is 2.50. The number of rotatable bonds is 0. The van der Waals surface area contributed by atoms with Crippen molar-refractivity contribution in [1.82, 2.24) is 0 Å². The van der Waals surface area contributed by atoms with Gasteiger partial charge >= 0.3 is 0 Å². The highest BCUT2D eigenvalue weighted by molar-refractivity contribution is 6.00. The van der Waals surface area contributed by atoms with Crippen molar-refractivity contribution in [2.45, 2.75) is 32.1 Å². The predicted octanol–water partition coefficient (Wildman–Crippen LogP) is 2.58. The van der Waals surface area contributed by atoms with Crippen molar-refractivity contribution in [3.8, 4) is 0 Å². The number of Topliss-reactive ketones (excluding diaryl/α,β-unsaturated/α-hetero) is 1. The zero-order valence-corrected chi connectivity index (χ0v) is 7.51. The lowest BCUT2D eigenvalue weighted by Gasteiger charge is -2.42. The van der Waals surface area contributed by atoms with E-state index in [1.807, 2.05) is 6.07 Å². The molecule has 0 aliphatic heterocycles. The van der Waals surface area contributed by atoms with E-state index >= 15 is 0 Å². The molecule has 0 unspecified atom stereocenters. The van der Waals surface area contributed by atoms with Crippen LogP contribution in [-0.4, -0.2) is 5.78 Å². The van der Waals surface area contributed by atoms with Crippen LogP contribution in [0.4, 0.5) is 0 Å². The highest BCUT2D eigenvalue weighted by Gasteiger charge is 2.48. The normalized spacial score (nSPS) is 24.2. The summed E-state index contributed by atoms with van der Waals surface area (Å²) in [5, 5.41) is 0. The smallest absolute Gasteiger partial charge is 0.204 e. The molecular weight excluding hydrogens is 164 g/mol. The highest BCUT2D eigenvalue weighted by atomic mass is 16.3. The van der Waals surface area contributed by atoms with Gasteiger partial charge in [-0.1, -0.05) is 6.42 Å². The van der Waals surface area contributed by atoms with Gasteiger partial charge in [0, 0.05) is 11.0 Å². The maximum Gasteiger partial charge on any atom is 0.204 e. The minimum absolute atomic E-state index is 0.00907. The fourth-order valence-corrected chi connectivity index (χ4v) is 2.54. The minimum atomic E-state index is -0.00907. The monoisotopic (exact) mass is 176 g/mol. The Morgan fingerprint density at radius 3 is 2.85 bits per heavy atom. The third-order valence-electron chi connectivity index (χ3n) is 3.62. The number of hydrogen-bond donors (Lipinski definition) is 0. The van der Waals surface area contributed by atoms with Gasteiger partial charge in [-0.15, -0.1) is 0 Å². The molecule has 0 radical (unpaired) electrons. The number of fused-ring (bicyclic) bond motifs is 1. The molecule has 2 nitrogen and oxygen atoms in total. The van der Waals surface area contributed by atoms with Crippen molar-refractivity contribution in [1.29, 1.82) is 0 Å². The average Bonchev–Trinajstić information content (AvgIpc) is 2.50. The first-order valence-electron chi connectivity index (χ1n) is 4.93. The van der Waals surface area contributed by atoms with Crippen LogP contribution in [0.25, 0.3) is 0 Å². The van der Waals surface area contributed by atoms with Gasteiger partial charge in [-0.05, 0) is 31.7 Å². The lowest BCUT2D eigenvalue weighted by molar-refractivity contribution is 0.0519. The number of carbonyl (C=O) groups excluding carboxylic acids is 1. The number of aryl methyl sites for hydroxylation is 1. The minimum Gasteiger partial charge on any atom is -0.461 e. The first-order valence-corrected chi connectivity index (χ1v) is 4.93. The Kier molecular flexibility index (Phi) is 1.27. The van der Waals surface area contributed by atoms with Crippen molar-refractivity contribution in [2.75, 3.05) is 0 Å². The maximum atomic E-state index is 12.0. The zero-order valence-electron chi connectivity index (χ0n) is 7.51. The summed E-state index contributed by atoms with van der Waals surface area (Å²) in [5.41, 5.74) is 1.10. The molecule has 1 fully saturated rings. The molecule has 1 spiro atoms. The predicted molar refractivity (Wildman–Crippen MR) is 47.6 cm³/mol. The topological polar surface area (TPSA) is 30.2 Å². The molecule has 2 heteroatoms. The Morgan fingerprint density at radius 1 is 1.31 bits per heavy atom. The van der Waals surface area contributed by atoms with E-state index in [-0.39, 0.29) is 11.2 Å². The molecule has 68 valence electrons. The molecule has 0 aromatic carbocycles. The van der Waals surface area contributed by atoms with Gasteiger partial charge in [-0.2, -0.15) is 0 Å². The van der Waals surface area contributed by atoms with Crippen LogP contribution in [0.15, 0.2) is 16.7 Å². The number of furan rings is 1. The Bertz CT molecular complexity index is 358. The molecule has 2 aliphatic rings. The number of hydrogen-bond acceptors (Lipinski definition) is 2. The van der Waals surface area contributed by atoms with E-state index in [0.717, 1.165) is 31.2 Å². The van der Waals surface area contributed by atoms with E-state index in [9.17, 15) is 4.79 Å². The SMILES string of the molecule is O=C1c2occc2CCC12CCC2. The van der Waals surface area contributed by atoms with Gasteiger partial charge in [0.25, 0.3) is 0 Å². The third kappa shape index (κ3) is 0.808. The van der Waals surface area contributed by atoms with E-state index in [0.29, 0.717) is 5.76 Å². The summed E-state index contributed by atoms with van der Waals surface area (Å²) in [4.78, 5) is 12.0. The Balaban J connectivity index is 2.06. The van der Waals surface area contributed by atoms with Crippen LogP contribution < -0.4 is 0 Å². The second kappa shape index (κ2) is 2.25. The van der Waals surface area contributed by atoms with Crippen molar-refractivity contribution < 1.29 is 9.21 Å². The Morgan fingerprint density at radius 2 is 2.15 bits per heavy atom. The summed E-state index contributed by atoms with van der Waals surface area (Å²) >= 11 is 0. The van der Waals surface area contributed by atoms with Gasteiger partial charge in [0.1, 0.15) is 0 Å². The van der Waals surface area contributed by atoms with Gasteiger partial charge in [0.05, 0.1) is 6.26 Å². The largest absolute Gasteiger partial charge is 0.461 e. The number of ketones is 1. The lowest BCUT2D eigenvalue weighted by atomic mass is 9.60. The Labute approximate surface area is 76.9 Å². The van der Waals surface area contributed by atoms with Gasteiger partial charge in [0.2, 0.25) is 5.78 Å². The fraction of sp³-hybridized carbons (Fsp3) is 0.545. The van der Waals surface area contributed by atoms with Crippen molar-refractivity contribution in [3.05, 3.63) is 23.7 Å². The molecule has 0 bridgehead atoms. The summed E-state index contributed by atoms with van der Waals surface area (Å²) in [6.45, 7) is 0. The van der Waals surface area contributed by atoms with Crippen LogP contribution >= 0.6 is 0 Å². The van der Waals surface area contributed by atoms with E-state index in [1.165, 1.54) is 6.42 Å². The molecule has 0 N–H and O–H groups in total. The maximum absolute atomic E-state index is 12.0. The fourth-order valence-electron chi connectivity index (χ4n) is 2.54. The second-order valence-electron chi connectivity index (χ2n) is 4.24.